The van der Waals surface area contributed by atoms with Gasteiger partial charge in [0.2, 0.25) is 5.91 Å². The highest BCUT2D eigenvalue weighted by molar-refractivity contribution is 6.09. The summed E-state index contributed by atoms with van der Waals surface area (Å²) in [7, 11) is 0. The smallest absolute Gasteiger partial charge is 0.349 e. The molecule has 0 bridgehead atoms. The highest BCUT2D eigenvalue weighted by Gasteiger charge is 2.45. The Kier molecular flexibility index (Phi) is 6.41. The summed E-state index contributed by atoms with van der Waals surface area (Å²) in [4.78, 5) is 41.2. The average molecular weight is 494 g/mol. The number of carbonyl (C=O) groups excluding carboxylic acids is 2. The van der Waals surface area contributed by atoms with E-state index in [2.05, 4.69) is 16.4 Å². The molecule has 36 heavy (non-hydrogen) atoms. The van der Waals surface area contributed by atoms with E-state index in [9.17, 15) is 32.8 Å². The van der Waals surface area contributed by atoms with E-state index >= 15 is 0 Å². The molecule has 0 aliphatic rings. The molecule has 7 nitrogen and oxygen atoms in total. The maximum Gasteiger partial charge on any atom is 0.452 e. The second-order valence-electron chi connectivity index (χ2n) is 8.69. The Hall–Kier alpha value is -4.39. The highest BCUT2D eigenvalue weighted by atomic mass is 19.4. The van der Waals surface area contributed by atoms with E-state index in [0.29, 0.717) is 33.1 Å². The molecule has 0 radical (unpaired) electrons. The van der Waals surface area contributed by atoms with Crippen molar-refractivity contribution >= 4 is 33.5 Å². The number of pyridine rings is 1. The summed E-state index contributed by atoms with van der Waals surface area (Å²) in [5.41, 5.74) is 1.30. The number of rotatable bonds is 6. The van der Waals surface area contributed by atoms with Gasteiger partial charge < -0.3 is 10.3 Å². The van der Waals surface area contributed by atoms with Gasteiger partial charge in [-0.25, -0.2) is 0 Å². The Labute approximate surface area is 203 Å². The molecular formula is C26H21F3N4O3. The lowest BCUT2D eigenvalue weighted by molar-refractivity contribution is -0.174. The number of nitrogens with zero attached hydrogens (tertiary/aromatic N) is 2. The molecule has 0 aliphatic heterocycles. The molecule has 2 N–H and O–H groups in total. The molecule has 1 unspecified atom stereocenters. The fourth-order valence-corrected chi connectivity index (χ4v) is 4.19. The van der Waals surface area contributed by atoms with E-state index < -0.39 is 41.9 Å². The summed E-state index contributed by atoms with van der Waals surface area (Å²) < 4.78 is 40.3. The van der Waals surface area contributed by atoms with E-state index in [1.165, 1.54) is 13.8 Å². The molecule has 1 amide bonds. The number of nitriles is 1. The van der Waals surface area contributed by atoms with E-state index in [0.717, 1.165) is 4.57 Å². The number of aromatic amines is 1. The Bertz CT molecular complexity index is 1580. The van der Waals surface area contributed by atoms with Crippen molar-refractivity contribution in [2.45, 2.75) is 32.6 Å². The maximum atomic E-state index is 13.6. The van der Waals surface area contributed by atoms with Crippen molar-refractivity contribution in [1.29, 1.82) is 5.26 Å². The van der Waals surface area contributed by atoms with Crippen molar-refractivity contribution < 1.29 is 22.8 Å². The van der Waals surface area contributed by atoms with E-state index in [4.69, 9.17) is 0 Å². The monoisotopic (exact) mass is 494 g/mol. The van der Waals surface area contributed by atoms with E-state index in [-0.39, 0.29) is 5.52 Å². The van der Waals surface area contributed by atoms with Crippen molar-refractivity contribution in [3.05, 3.63) is 70.5 Å². The normalized spacial score (nSPS) is 12.6. The number of hydrogen-bond donors (Lipinski definition) is 2. The predicted octanol–water partition coefficient (Wildman–Crippen LogP) is 4.29. The first-order valence-electron chi connectivity index (χ1n) is 11.1. The summed E-state index contributed by atoms with van der Waals surface area (Å²) in [5.74, 6) is -3.80. The summed E-state index contributed by atoms with van der Waals surface area (Å²) in [6.07, 6.45) is -5.12. The first-order valence-corrected chi connectivity index (χ1v) is 11.1. The largest absolute Gasteiger partial charge is 0.452 e. The van der Waals surface area contributed by atoms with Crippen LogP contribution in [0.3, 0.4) is 0 Å². The van der Waals surface area contributed by atoms with Gasteiger partial charge in [-0.2, -0.15) is 18.4 Å². The van der Waals surface area contributed by atoms with Crippen molar-refractivity contribution in [2.24, 2.45) is 5.92 Å². The summed E-state index contributed by atoms with van der Waals surface area (Å²) in [6, 6.07) is 15.8. The quantitative estimate of drug-likeness (QED) is 0.417. The fraction of sp³-hybridized carbons (Fsp3) is 0.231. The van der Waals surface area contributed by atoms with Crippen molar-refractivity contribution in [1.82, 2.24) is 14.9 Å². The standard InChI is InChI=1S/C26H21F3N4O3/c1-14(2)21(24(35)26(27,28)29)31-20(34)13-33-19(15-7-4-3-5-8-15)11-18-17-10-6-9-16(12-30)22(17)32-23(18)25(33)36/h3-11,14,21,32H,13H2,1-2H3,(H,31,34). The molecule has 4 aromatic rings. The van der Waals surface area contributed by atoms with Gasteiger partial charge in [0.1, 0.15) is 18.1 Å². The van der Waals surface area contributed by atoms with Crippen LogP contribution < -0.4 is 10.9 Å². The number of amides is 1. The zero-order valence-corrected chi connectivity index (χ0v) is 19.3. The van der Waals surface area contributed by atoms with Gasteiger partial charge in [-0.3, -0.25) is 19.0 Å². The zero-order chi connectivity index (χ0) is 26.2. The van der Waals surface area contributed by atoms with Gasteiger partial charge >= 0.3 is 6.18 Å². The van der Waals surface area contributed by atoms with Crippen LogP contribution in [0.2, 0.25) is 0 Å². The second kappa shape index (κ2) is 9.34. The highest BCUT2D eigenvalue weighted by Crippen LogP contribution is 2.30. The zero-order valence-electron chi connectivity index (χ0n) is 19.3. The minimum atomic E-state index is -5.12. The van der Waals surface area contributed by atoms with Gasteiger partial charge in [0.25, 0.3) is 11.3 Å². The van der Waals surface area contributed by atoms with Crippen LogP contribution in [0.4, 0.5) is 13.2 Å². The van der Waals surface area contributed by atoms with Gasteiger partial charge in [-0.05, 0) is 23.6 Å². The predicted molar refractivity (Wildman–Crippen MR) is 128 cm³/mol. The molecule has 2 heterocycles. The van der Waals surface area contributed by atoms with Gasteiger partial charge in [0, 0.05) is 10.8 Å². The van der Waals surface area contributed by atoms with Crippen LogP contribution in [0.5, 0.6) is 0 Å². The number of para-hydroxylation sites is 1. The number of fused-ring (bicyclic) bond motifs is 3. The van der Waals surface area contributed by atoms with Crippen LogP contribution in [0.1, 0.15) is 19.4 Å². The number of benzene rings is 2. The molecule has 184 valence electrons. The topological polar surface area (TPSA) is 108 Å². The number of hydrogen-bond acceptors (Lipinski definition) is 4. The Morgan fingerprint density at radius 2 is 1.75 bits per heavy atom. The fourth-order valence-electron chi connectivity index (χ4n) is 4.19. The van der Waals surface area contributed by atoms with Gasteiger partial charge in [0.05, 0.1) is 22.8 Å². The molecule has 4 rings (SSSR count). The number of Topliss-reactive ketones (excluding diaryl/α,β-unsaturated/α-hetero) is 1. The maximum absolute atomic E-state index is 13.6. The number of ketones is 1. The molecule has 0 saturated carbocycles. The minimum Gasteiger partial charge on any atom is -0.349 e. The molecule has 0 fully saturated rings. The van der Waals surface area contributed by atoms with E-state index in [1.54, 1.807) is 54.6 Å². The lowest BCUT2D eigenvalue weighted by atomic mass is 9.99. The third kappa shape index (κ3) is 4.47. The van der Waals surface area contributed by atoms with Gasteiger partial charge in [-0.15, -0.1) is 0 Å². The molecule has 0 spiro atoms. The Morgan fingerprint density at radius 3 is 2.36 bits per heavy atom. The van der Waals surface area contributed by atoms with Crippen LogP contribution in [0.25, 0.3) is 33.1 Å². The average Bonchev–Trinajstić information content (AvgIpc) is 3.22. The van der Waals surface area contributed by atoms with E-state index in [1.807, 2.05) is 0 Å². The number of H-pyrrole nitrogens is 1. The minimum absolute atomic E-state index is 0.145. The molecular weight excluding hydrogens is 473 g/mol. The Morgan fingerprint density at radius 1 is 1.06 bits per heavy atom. The van der Waals surface area contributed by atoms with Crippen LogP contribution >= 0.6 is 0 Å². The summed E-state index contributed by atoms with van der Waals surface area (Å²) in [6.45, 7) is 2.16. The molecule has 1 atom stereocenters. The van der Waals surface area contributed by atoms with Gasteiger partial charge in [0.15, 0.2) is 0 Å². The van der Waals surface area contributed by atoms with Crippen LogP contribution in [0.15, 0.2) is 59.4 Å². The lowest BCUT2D eigenvalue weighted by Gasteiger charge is -2.23. The van der Waals surface area contributed by atoms with Crippen molar-refractivity contribution in [2.75, 3.05) is 0 Å². The van der Waals surface area contributed by atoms with Crippen LogP contribution in [-0.4, -0.2) is 33.5 Å². The first kappa shape index (κ1) is 24.7. The van der Waals surface area contributed by atoms with Crippen LogP contribution in [-0.2, 0) is 16.1 Å². The summed E-state index contributed by atoms with van der Waals surface area (Å²) >= 11 is 0. The van der Waals surface area contributed by atoms with Crippen LogP contribution in [0, 0.1) is 17.2 Å². The number of alkyl halides is 3. The van der Waals surface area contributed by atoms with Crippen molar-refractivity contribution in [3.63, 3.8) is 0 Å². The molecule has 2 aromatic heterocycles. The number of carbonyl (C=O) groups is 2. The third-order valence-electron chi connectivity index (χ3n) is 5.94. The molecule has 10 heteroatoms. The number of nitrogens with one attached hydrogen (secondary N) is 2. The summed E-state index contributed by atoms with van der Waals surface area (Å²) in [5, 5.41) is 12.8. The SMILES string of the molecule is CC(C)C(NC(=O)Cn1c(-c2ccccc2)cc2c([nH]c3c(C#N)cccc32)c1=O)C(=O)C(F)(F)F. The molecule has 2 aromatic carbocycles. The third-order valence-corrected chi connectivity index (χ3v) is 5.94. The Balaban J connectivity index is 1.85. The van der Waals surface area contributed by atoms with Gasteiger partial charge in [-0.1, -0.05) is 56.3 Å². The van der Waals surface area contributed by atoms with Crippen molar-refractivity contribution in [3.8, 4) is 17.3 Å². The first-order chi connectivity index (χ1) is 17.0. The molecule has 0 aliphatic carbocycles. The second-order valence-corrected chi connectivity index (χ2v) is 8.69. The molecule has 0 saturated heterocycles. The number of aromatic nitrogens is 2. The lowest BCUT2D eigenvalue weighted by Crippen LogP contribution is -2.50. The number of halogens is 3.